The normalized spacial score (nSPS) is 17.1. The van der Waals surface area contributed by atoms with Crippen molar-refractivity contribution in [3.63, 3.8) is 0 Å². The maximum atomic E-state index is 6.15. The summed E-state index contributed by atoms with van der Waals surface area (Å²) in [5.41, 5.74) is 3.87. The van der Waals surface area contributed by atoms with Crippen molar-refractivity contribution >= 4 is 23.2 Å². The molecular weight excluding hydrogens is 255 g/mol. The van der Waals surface area contributed by atoms with E-state index in [-0.39, 0.29) is 6.04 Å². The van der Waals surface area contributed by atoms with Crippen LogP contribution in [0.3, 0.4) is 0 Å². The third-order valence-electron chi connectivity index (χ3n) is 3.37. The number of hydrogen-bond donors (Lipinski definition) is 2. The predicted molar refractivity (Wildman–Crippen MR) is 73.2 cm³/mol. The average molecular weight is 273 g/mol. The average Bonchev–Trinajstić information content (AvgIpc) is 3.12. The molecule has 1 aliphatic rings. The molecule has 3 N–H and O–H groups in total. The lowest BCUT2D eigenvalue weighted by Gasteiger charge is -2.17. The molecule has 0 saturated heterocycles. The minimum atomic E-state index is 0.257. The summed E-state index contributed by atoms with van der Waals surface area (Å²) < 4.78 is 0. The van der Waals surface area contributed by atoms with Gasteiger partial charge < -0.3 is 0 Å². The third kappa shape index (κ3) is 3.85. The maximum Gasteiger partial charge on any atom is 0.0453 e. The van der Waals surface area contributed by atoms with Crippen LogP contribution < -0.4 is 11.3 Å². The van der Waals surface area contributed by atoms with Crippen LogP contribution in [0.1, 0.15) is 31.2 Å². The van der Waals surface area contributed by atoms with Gasteiger partial charge in [0.1, 0.15) is 0 Å². The van der Waals surface area contributed by atoms with Gasteiger partial charge in [-0.1, -0.05) is 42.1 Å². The minimum Gasteiger partial charge on any atom is -0.271 e. The molecule has 1 atom stereocenters. The van der Waals surface area contributed by atoms with Gasteiger partial charge in [-0.2, -0.15) is 0 Å². The van der Waals surface area contributed by atoms with E-state index in [0.29, 0.717) is 0 Å². The molecule has 0 amide bonds. The lowest BCUT2D eigenvalue weighted by Crippen LogP contribution is -2.37. The lowest BCUT2D eigenvalue weighted by atomic mass is 10.0. The van der Waals surface area contributed by atoms with Gasteiger partial charge in [-0.05, 0) is 42.9 Å². The van der Waals surface area contributed by atoms with Crippen molar-refractivity contribution in [1.29, 1.82) is 0 Å². The van der Waals surface area contributed by atoms with Gasteiger partial charge in [0.05, 0.1) is 0 Å². The zero-order chi connectivity index (χ0) is 12.3. The number of rotatable bonds is 6. The molecule has 0 aliphatic heterocycles. The van der Waals surface area contributed by atoms with E-state index in [9.17, 15) is 0 Å². The van der Waals surface area contributed by atoms with Gasteiger partial charge in [0, 0.05) is 16.1 Å². The van der Waals surface area contributed by atoms with E-state index in [1.54, 1.807) is 0 Å². The first-order valence-electron chi connectivity index (χ1n) is 6.09. The van der Waals surface area contributed by atoms with Gasteiger partial charge in [0.15, 0.2) is 0 Å². The number of nitrogens with one attached hydrogen (secondary N) is 1. The molecule has 1 unspecified atom stereocenters. The van der Waals surface area contributed by atoms with E-state index < -0.39 is 0 Å². The Morgan fingerprint density at radius 3 is 2.47 bits per heavy atom. The number of benzene rings is 1. The first-order chi connectivity index (χ1) is 8.20. The monoisotopic (exact) mass is 272 g/mol. The summed E-state index contributed by atoms with van der Waals surface area (Å²) in [6, 6.07) is 5.87. The second-order valence-electron chi connectivity index (χ2n) is 4.79. The van der Waals surface area contributed by atoms with Crippen LogP contribution in [0.2, 0.25) is 10.0 Å². The van der Waals surface area contributed by atoms with Gasteiger partial charge in [0.25, 0.3) is 0 Å². The molecule has 1 aliphatic carbocycles. The second kappa shape index (κ2) is 6.05. The van der Waals surface area contributed by atoms with Crippen LogP contribution >= 0.6 is 23.2 Å². The van der Waals surface area contributed by atoms with Crippen molar-refractivity contribution in [3.8, 4) is 0 Å². The van der Waals surface area contributed by atoms with Crippen molar-refractivity contribution in [1.82, 2.24) is 5.43 Å². The van der Waals surface area contributed by atoms with Crippen LogP contribution in [0, 0.1) is 5.92 Å². The van der Waals surface area contributed by atoms with E-state index in [2.05, 4.69) is 5.43 Å². The first kappa shape index (κ1) is 13.2. The summed E-state index contributed by atoms with van der Waals surface area (Å²) in [6.07, 6.45) is 5.88. The van der Waals surface area contributed by atoms with E-state index >= 15 is 0 Å². The van der Waals surface area contributed by atoms with Crippen molar-refractivity contribution < 1.29 is 0 Å². The highest BCUT2D eigenvalue weighted by Gasteiger charge is 2.22. The fourth-order valence-electron chi connectivity index (χ4n) is 2.06. The third-order valence-corrected chi connectivity index (χ3v) is 4.08. The Morgan fingerprint density at radius 1 is 1.29 bits per heavy atom. The Hall–Kier alpha value is -0.280. The van der Waals surface area contributed by atoms with Gasteiger partial charge in [-0.25, -0.2) is 0 Å². The molecule has 0 bridgehead atoms. The predicted octanol–water partition coefficient (Wildman–Crippen LogP) is 3.56. The first-order valence-corrected chi connectivity index (χ1v) is 6.85. The van der Waals surface area contributed by atoms with Crippen LogP contribution in [-0.2, 0) is 6.42 Å². The summed E-state index contributed by atoms with van der Waals surface area (Å²) >= 11 is 12.3. The Bertz CT molecular complexity index is 357. The fourth-order valence-corrected chi connectivity index (χ4v) is 2.61. The molecule has 1 fully saturated rings. The Morgan fingerprint density at radius 2 is 1.94 bits per heavy atom. The van der Waals surface area contributed by atoms with Crippen LogP contribution in [0.25, 0.3) is 0 Å². The molecule has 17 heavy (non-hydrogen) atoms. The van der Waals surface area contributed by atoms with Gasteiger partial charge in [0.2, 0.25) is 0 Å². The Kier molecular flexibility index (Phi) is 4.69. The Balaban J connectivity index is 1.96. The summed E-state index contributed by atoms with van der Waals surface area (Å²) in [6.45, 7) is 0. The molecule has 0 radical (unpaired) electrons. The van der Waals surface area contributed by atoms with E-state index in [0.717, 1.165) is 34.4 Å². The highest BCUT2D eigenvalue weighted by Crippen LogP contribution is 2.34. The number of hydrogen-bond acceptors (Lipinski definition) is 2. The molecule has 1 aromatic rings. The van der Waals surface area contributed by atoms with Gasteiger partial charge >= 0.3 is 0 Å². The summed E-state index contributed by atoms with van der Waals surface area (Å²) in [5, 5.41) is 1.45. The Labute approximate surface area is 112 Å². The second-order valence-corrected chi connectivity index (χ2v) is 5.60. The van der Waals surface area contributed by atoms with Crippen molar-refractivity contribution in [2.75, 3.05) is 0 Å². The zero-order valence-electron chi connectivity index (χ0n) is 9.76. The van der Waals surface area contributed by atoms with Gasteiger partial charge in [-0.15, -0.1) is 0 Å². The van der Waals surface area contributed by atoms with E-state index in [1.165, 1.54) is 19.3 Å². The van der Waals surface area contributed by atoms with Crippen LogP contribution in [-0.4, -0.2) is 6.04 Å². The molecule has 4 heteroatoms. The molecule has 1 aromatic carbocycles. The zero-order valence-corrected chi connectivity index (χ0v) is 11.3. The largest absolute Gasteiger partial charge is 0.271 e. The molecule has 2 nitrogen and oxygen atoms in total. The van der Waals surface area contributed by atoms with Crippen molar-refractivity contribution in [2.45, 2.75) is 38.1 Å². The minimum absolute atomic E-state index is 0.257. The SMILES string of the molecule is NNC(CCC1CC1)Cc1c(Cl)cccc1Cl. The highest BCUT2D eigenvalue weighted by molar-refractivity contribution is 6.35. The van der Waals surface area contributed by atoms with Crippen LogP contribution in [0.15, 0.2) is 18.2 Å². The molecule has 2 rings (SSSR count). The van der Waals surface area contributed by atoms with Crippen LogP contribution in [0.5, 0.6) is 0 Å². The number of nitrogens with two attached hydrogens (primary N) is 1. The van der Waals surface area contributed by atoms with E-state index in [1.807, 2.05) is 18.2 Å². The maximum absolute atomic E-state index is 6.15. The fraction of sp³-hybridized carbons (Fsp3) is 0.538. The van der Waals surface area contributed by atoms with Gasteiger partial charge in [-0.3, -0.25) is 11.3 Å². The molecular formula is C13H18Cl2N2. The number of hydrazine groups is 1. The van der Waals surface area contributed by atoms with E-state index in [4.69, 9.17) is 29.0 Å². The molecule has 0 spiro atoms. The molecule has 0 aromatic heterocycles. The molecule has 1 saturated carbocycles. The standard InChI is InChI=1S/C13H18Cl2N2/c14-12-2-1-3-13(15)11(12)8-10(17-16)7-6-9-4-5-9/h1-3,9-10,17H,4-8,16H2. The number of halogens is 2. The smallest absolute Gasteiger partial charge is 0.0453 e. The summed E-state index contributed by atoms with van der Waals surface area (Å²) in [4.78, 5) is 0. The summed E-state index contributed by atoms with van der Waals surface area (Å²) in [5.74, 6) is 6.51. The molecule has 0 heterocycles. The lowest BCUT2D eigenvalue weighted by molar-refractivity contribution is 0.462. The quantitative estimate of drug-likeness (QED) is 0.614. The van der Waals surface area contributed by atoms with Crippen molar-refractivity contribution in [2.24, 2.45) is 11.8 Å². The molecule has 94 valence electrons. The van der Waals surface area contributed by atoms with Crippen LogP contribution in [0.4, 0.5) is 0 Å². The topological polar surface area (TPSA) is 38.0 Å². The highest BCUT2D eigenvalue weighted by atomic mass is 35.5. The summed E-state index contributed by atoms with van der Waals surface area (Å²) in [7, 11) is 0. The van der Waals surface area contributed by atoms with Crippen molar-refractivity contribution in [3.05, 3.63) is 33.8 Å².